The minimum atomic E-state index is -0.955. The maximum Gasteiger partial charge on any atom is 0.333 e. The van der Waals surface area contributed by atoms with Crippen LogP contribution in [0.15, 0.2) is 60.7 Å². The number of rotatable bonds is 5. The Bertz CT molecular complexity index is 955. The molecular weight excluding hydrogens is 366 g/mol. The van der Waals surface area contributed by atoms with Gasteiger partial charge in [0, 0.05) is 12.6 Å². The second-order valence-electron chi connectivity index (χ2n) is 5.84. The Morgan fingerprint density at radius 3 is 2.26 bits per heavy atom. The molecular formula is C20H18ClN3O3. The van der Waals surface area contributed by atoms with Crippen molar-refractivity contribution in [2.45, 2.75) is 6.04 Å². The van der Waals surface area contributed by atoms with Crippen molar-refractivity contribution in [3.63, 3.8) is 0 Å². The summed E-state index contributed by atoms with van der Waals surface area (Å²) in [5, 5.41) is 7.25. The molecule has 138 valence electrons. The van der Waals surface area contributed by atoms with Crippen LogP contribution in [0.4, 0.5) is 0 Å². The maximum atomic E-state index is 13.0. The molecule has 1 amide bonds. The molecule has 1 heterocycles. The zero-order valence-electron chi connectivity index (χ0n) is 14.8. The number of carbonyl (C=O) groups is 2. The predicted molar refractivity (Wildman–Crippen MR) is 102 cm³/mol. The van der Waals surface area contributed by atoms with E-state index in [1.165, 1.54) is 11.8 Å². The number of benzene rings is 2. The maximum absolute atomic E-state index is 13.0. The number of hydrogen-bond acceptors (Lipinski definition) is 4. The highest BCUT2D eigenvalue weighted by Crippen LogP contribution is 2.29. The molecule has 0 radical (unpaired) electrons. The number of ether oxygens (including phenoxy) is 1. The third-order valence-corrected chi connectivity index (χ3v) is 4.53. The van der Waals surface area contributed by atoms with Crippen molar-refractivity contribution in [1.82, 2.24) is 15.1 Å². The molecule has 0 aliphatic carbocycles. The summed E-state index contributed by atoms with van der Waals surface area (Å²) < 4.78 is 6.27. The average Bonchev–Trinajstić information content (AvgIpc) is 3.01. The largest absolute Gasteiger partial charge is 0.467 e. The highest BCUT2D eigenvalue weighted by atomic mass is 35.5. The first-order chi connectivity index (χ1) is 13.0. The van der Waals surface area contributed by atoms with Gasteiger partial charge in [-0.2, -0.15) is 5.10 Å². The molecule has 0 spiro atoms. The minimum Gasteiger partial charge on any atom is -0.467 e. The molecule has 3 rings (SSSR count). The van der Waals surface area contributed by atoms with E-state index < -0.39 is 17.9 Å². The van der Waals surface area contributed by atoms with Crippen molar-refractivity contribution < 1.29 is 14.3 Å². The number of aromatic nitrogens is 2. The Morgan fingerprint density at radius 2 is 1.67 bits per heavy atom. The molecule has 0 saturated heterocycles. The molecule has 1 N–H and O–H groups in total. The standard InChI is InChI=1S/C20H18ClN3O3/c1-24-18(21)15(16(23-24)13-9-5-3-6-10-13)19(25)22-17(20(26)27-2)14-11-7-4-8-12-14/h3-12,17H,1-2H3,(H,22,25)/t17-/m1/s1. The Labute approximate surface area is 161 Å². The fourth-order valence-corrected chi connectivity index (χ4v) is 2.96. The smallest absolute Gasteiger partial charge is 0.333 e. The number of hydrogen-bond donors (Lipinski definition) is 1. The number of methoxy groups -OCH3 is 1. The Balaban J connectivity index is 1.99. The van der Waals surface area contributed by atoms with Crippen LogP contribution in [-0.4, -0.2) is 28.8 Å². The number of carbonyl (C=O) groups excluding carboxylic acids is 2. The van der Waals surface area contributed by atoms with Crippen molar-refractivity contribution in [1.29, 1.82) is 0 Å². The molecule has 6 nitrogen and oxygen atoms in total. The number of nitrogens with zero attached hydrogens (tertiary/aromatic N) is 2. The Morgan fingerprint density at radius 1 is 1.07 bits per heavy atom. The van der Waals surface area contributed by atoms with Crippen molar-refractivity contribution in [3.8, 4) is 11.3 Å². The van der Waals surface area contributed by atoms with Crippen molar-refractivity contribution in [2.24, 2.45) is 7.05 Å². The molecule has 7 heteroatoms. The Hall–Kier alpha value is -3.12. The Kier molecular flexibility index (Phi) is 5.57. The molecule has 0 saturated carbocycles. The first-order valence-corrected chi connectivity index (χ1v) is 8.62. The summed E-state index contributed by atoms with van der Waals surface area (Å²) in [5.41, 5.74) is 2.01. The van der Waals surface area contributed by atoms with Crippen LogP contribution in [0.3, 0.4) is 0 Å². The first-order valence-electron chi connectivity index (χ1n) is 8.24. The lowest BCUT2D eigenvalue weighted by molar-refractivity contribution is -0.143. The van der Waals surface area contributed by atoms with Crippen molar-refractivity contribution >= 4 is 23.5 Å². The molecule has 3 aromatic rings. The molecule has 27 heavy (non-hydrogen) atoms. The summed E-state index contributed by atoms with van der Waals surface area (Å²) in [6, 6.07) is 17.2. The van der Waals surface area contributed by atoms with Crippen LogP contribution < -0.4 is 5.32 Å². The lowest BCUT2D eigenvalue weighted by Gasteiger charge is -2.17. The van der Waals surface area contributed by atoms with Gasteiger partial charge in [-0.05, 0) is 5.56 Å². The van der Waals surface area contributed by atoms with E-state index in [0.29, 0.717) is 11.3 Å². The molecule has 1 aromatic heterocycles. The van der Waals surface area contributed by atoms with E-state index in [1.807, 2.05) is 36.4 Å². The fourth-order valence-electron chi connectivity index (χ4n) is 2.75. The highest BCUT2D eigenvalue weighted by Gasteiger charge is 2.28. The van der Waals surface area contributed by atoms with Gasteiger partial charge in [0.15, 0.2) is 6.04 Å². The number of amides is 1. The molecule has 0 fully saturated rings. The summed E-state index contributed by atoms with van der Waals surface area (Å²) >= 11 is 6.33. The van der Waals surface area contributed by atoms with Gasteiger partial charge in [0.1, 0.15) is 16.4 Å². The number of esters is 1. The fraction of sp³-hybridized carbons (Fsp3) is 0.150. The topological polar surface area (TPSA) is 73.2 Å². The van der Waals surface area contributed by atoms with E-state index in [-0.39, 0.29) is 10.7 Å². The summed E-state index contributed by atoms with van der Waals surface area (Å²) in [6.45, 7) is 0. The van der Waals surface area contributed by atoms with Crippen LogP contribution in [0.25, 0.3) is 11.3 Å². The predicted octanol–water partition coefficient (Wildman–Crippen LogP) is 3.38. The normalized spacial score (nSPS) is 11.7. The summed E-state index contributed by atoms with van der Waals surface area (Å²) in [4.78, 5) is 25.3. The van der Waals surface area contributed by atoms with Gasteiger partial charge in [-0.3, -0.25) is 9.48 Å². The van der Waals surface area contributed by atoms with Gasteiger partial charge in [0.25, 0.3) is 5.91 Å². The number of aryl methyl sites for hydroxylation is 1. The van der Waals surface area contributed by atoms with E-state index in [1.54, 1.807) is 31.3 Å². The lowest BCUT2D eigenvalue weighted by Crippen LogP contribution is -2.34. The zero-order valence-corrected chi connectivity index (χ0v) is 15.6. The molecule has 0 aliphatic heterocycles. The number of halogens is 1. The van der Waals surface area contributed by atoms with E-state index in [0.717, 1.165) is 5.56 Å². The van der Waals surface area contributed by atoms with Gasteiger partial charge in [-0.25, -0.2) is 4.79 Å². The monoisotopic (exact) mass is 383 g/mol. The van der Waals surface area contributed by atoms with E-state index in [9.17, 15) is 9.59 Å². The molecule has 1 atom stereocenters. The third-order valence-electron chi connectivity index (χ3n) is 4.10. The zero-order chi connectivity index (χ0) is 19.4. The third kappa shape index (κ3) is 3.85. The van der Waals surface area contributed by atoms with Crippen LogP contribution in [0, 0.1) is 0 Å². The van der Waals surface area contributed by atoms with Gasteiger partial charge in [-0.15, -0.1) is 0 Å². The average molecular weight is 384 g/mol. The van der Waals surface area contributed by atoms with Gasteiger partial charge in [0.05, 0.1) is 7.11 Å². The number of nitrogens with one attached hydrogen (secondary N) is 1. The molecule has 0 bridgehead atoms. The van der Waals surface area contributed by atoms with Crippen molar-refractivity contribution in [2.75, 3.05) is 7.11 Å². The molecule has 0 unspecified atom stereocenters. The van der Waals surface area contributed by atoms with Gasteiger partial charge < -0.3 is 10.1 Å². The van der Waals surface area contributed by atoms with E-state index >= 15 is 0 Å². The first kappa shape index (κ1) is 18.7. The summed E-state index contributed by atoms with van der Waals surface area (Å²) in [7, 11) is 2.93. The lowest BCUT2D eigenvalue weighted by atomic mass is 10.0. The van der Waals surface area contributed by atoms with Crippen LogP contribution in [0.5, 0.6) is 0 Å². The quantitative estimate of drug-likeness (QED) is 0.685. The van der Waals surface area contributed by atoms with Gasteiger partial charge >= 0.3 is 5.97 Å². The minimum absolute atomic E-state index is 0.183. The summed E-state index contributed by atoms with van der Waals surface area (Å²) in [5.74, 6) is -1.08. The van der Waals surface area contributed by atoms with Crippen molar-refractivity contribution in [3.05, 3.63) is 76.9 Å². The molecule has 2 aromatic carbocycles. The van der Waals surface area contributed by atoms with Crippen LogP contribution in [0.1, 0.15) is 22.0 Å². The SMILES string of the molecule is COC(=O)[C@H](NC(=O)c1c(-c2ccccc2)nn(C)c1Cl)c1ccccc1. The van der Waals surface area contributed by atoms with E-state index in [2.05, 4.69) is 10.4 Å². The van der Waals surface area contributed by atoms with Crippen LogP contribution in [-0.2, 0) is 16.6 Å². The summed E-state index contributed by atoms with van der Waals surface area (Å²) in [6.07, 6.45) is 0. The second kappa shape index (κ2) is 8.05. The van der Waals surface area contributed by atoms with Crippen LogP contribution >= 0.6 is 11.6 Å². The second-order valence-corrected chi connectivity index (χ2v) is 6.20. The van der Waals surface area contributed by atoms with Gasteiger partial charge in [0.2, 0.25) is 0 Å². The molecule has 0 aliphatic rings. The van der Waals surface area contributed by atoms with E-state index in [4.69, 9.17) is 16.3 Å². The van der Waals surface area contributed by atoms with Crippen LogP contribution in [0.2, 0.25) is 5.15 Å². The van der Waals surface area contributed by atoms with Gasteiger partial charge in [-0.1, -0.05) is 72.3 Å². The highest BCUT2D eigenvalue weighted by molar-refractivity contribution is 6.33.